The number of ether oxygens (including phenoxy) is 1. The number of alkyl halides is 1. The Kier molecular flexibility index (Phi) is 36.3. The van der Waals surface area contributed by atoms with Gasteiger partial charge in [-0.15, -0.1) is 0 Å². The number of piperidine rings is 13. The van der Waals surface area contributed by atoms with E-state index in [1.807, 2.05) is 0 Å². The van der Waals surface area contributed by atoms with Crippen LogP contribution in [0.1, 0.15) is 299 Å². The van der Waals surface area contributed by atoms with E-state index in [2.05, 4.69) is 223 Å². The first-order valence-corrected chi connectivity index (χ1v) is 51.5. The fourth-order valence-electron chi connectivity index (χ4n) is 29.5. The zero-order valence-electron chi connectivity index (χ0n) is 81.6. The molecule has 23 fully saturated rings. The minimum absolute atomic E-state index is 0.292. The van der Waals surface area contributed by atoms with E-state index in [9.17, 15) is 4.39 Å². The lowest BCUT2D eigenvalue weighted by molar-refractivity contribution is -0.0770. The van der Waals surface area contributed by atoms with Gasteiger partial charge in [-0.1, -0.05) is 138 Å². The van der Waals surface area contributed by atoms with Gasteiger partial charge in [-0.05, 0) is 383 Å². The highest BCUT2D eigenvalue weighted by Gasteiger charge is 2.51. The SMILES string of the molecule is CC(C)C12CCN(CC1)CC2.CC(C)C1C2CCC1CN(C)C2.CC(C)C1CC2CCC(C1)N2C.CC(C)C1CC2CCN(C2)C1.CC(C)C1CCC2CCC1N2C.CC(C)C1CCC2CCCN21.CC(C)C1CCC2CN(C)CC21.CC(C)C1CN2CCC1(F)CC2.CC(C)C1CN2CCC1CC2.CC(C)C1COC2CN(C)CC21. The number of nitrogens with zero attached hydrogens (tertiary/aromatic N) is 10. The molecule has 23 aliphatic rings. The average molecular weight is 1620 g/mol. The Morgan fingerprint density at radius 3 is 1.35 bits per heavy atom. The lowest BCUT2D eigenvalue weighted by Crippen LogP contribution is -2.57. The van der Waals surface area contributed by atoms with Crippen LogP contribution in [-0.2, 0) is 4.74 Å². The van der Waals surface area contributed by atoms with E-state index in [0.717, 1.165) is 223 Å². The van der Waals surface area contributed by atoms with Gasteiger partial charge in [-0.25, -0.2) is 4.39 Å². The fourth-order valence-corrected chi connectivity index (χ4v) is 29.5. The number of halogens is 1. The monoisotopic (exact) mass is 1620 g/mol. The molecule has 0 aromatic heterocycles. The molecule has 12 heteroatoms. The van der Waals surface area contributed by atoms with Gasteiger partial charge in [0, 0.05) is 127 Å². The van der Waals surface area contributed by atoms with Crippen molar-refractivity contribution in [2.45, 2.75) is 347 Å². The third kappa shape index (κ3) is 24.6. The molecule has 23 rings (SSSR count). The smallest absolute Gasteiger partial charge is 0.117 e. The molecular formula is C104H197FN10O. The number of rotatable bonds is 10. The molecule has 2 saturated carbocycles. The van der Waals surface area contributed by atoms with Crippen molar-refractivity contribution < 1.29 is 9.13 Å². The zero-order chi connectivity index (χ0) is 83.8. The van der Waals surface area contributed by atoms with E-state index >= 15 is 0 Å². The molecular weight excluding hydrogens is 1420 g/mol. The Labute approximate surface area is 720 Å². The second-order valence-corrected chi connectivity index (χ2v) is 47.8. The number of likely N-dealkylation sites (N-methyl/N-ethyl adjacent to an activating group) is 1. The van der Waals surface area contributed by atoms with Crippen molar-refractivity contribution in [3.8, 4) is 0 Å². The molecule has 2 aliphatic carbocycles. The second kappa shape index (κ2) is 43.8. The Morgan fingerprint density at radius 1 is 0.328 bits per heavy atom. The average Bonchev–Trinajstić information content (AvgIpc) is 1.70. The lowest BCUT2D eigenvalue weighted by atomic mass is 9.65. The van der Waals surface area contributed by atoms with Gasteiger partial charge < -0.3 is 48.8 Å². The minimum atomic E-state index is -0.817. The number of hydrogen-bond donors (Lipinski definition) is 0. The topological polar surface area (TPSA) is 41.6 Å². The standard InChI is InChI=1S/4C11H21N.C10H18FN.C10H19NO.4C10H19N/c1-8(2)10-6-4-9-5-7-11(10)12(9)3;1-8(2)9-6-10-4-5-11(7-9)12(10)3;1-8(2)10-5-4-9-6-12(3)7-11(9)10;1-8(2)11-9-4-5-10(11)7-12(3)6-9;1-8(2)9-7-12-5-3-10(9,11)4-6-12;1-7(2)9-6-12-10-5-11(3)4-8(9)10;1-9(2)10-3-6-11(7-4-10)8-5-10;1-8(2)10-7-11-5-3-9(10)4-6-11;1-8(2)10-5-9-3-4-11(6-9)7-10;1-8(2)10-6-5-9-4-3-7-11(9)10/h4*8-11H,4-7H2,1-3H3;8-9H,3-7H2,1-2H3;7-10H,4-6H2,1-3H3;9H,3-8H2,1-2H3;3*8-10H,3-7H2,1-2H3. The van der Waals surface area contributed by atoms with Crippen molar-refractivity contribution >= 4 is 0 Å². The van der Waals surface area contributed by atoms with Crippen LogP contribution in [0.4, 0.5) is 4.39 Å². The van der Waals surface area contributed by atoms with E-state index in [-0.39, 0.29) is 0 Å². The molecule has 0 N–H and O–H groups in total. The molecule has 20 unspecified atom stereocenters. The molecule has 14 bridgehead atoms. The van der Waals surface area contributed by atoms with Crippen LogP contribution in [-0.4, -0.2) is 263 Å². The van der Waals surface area contributed by atoms with Crippen LogP contribution in [0.2, 0.25) is 0 Å². The summed E-state index contributed by atoms with van der Waals surface area (Å²) in [6.07, 6.45) is 36.0. The van der Waals surface area contributed by atoms with Gasteiger partial charge in [0.05, 0.1) is 12.7 Å². The van der Waals surface area contributed by atoms with E-state index in [1.165, 1.54) is 246 Å². The summed E-state index contributed by atoms with van der Waals surface area (Å²) in [5.74, 6) is 22.7. The van der Waals surface area contributed by atoms with E-state index in [0.29, 0.717) is 17.9 Å². The Morgan fingerprint density at radius 2 is 0.845 bits per heavy atom. The van der Waals surface area contributed by atoms with Crippen molar-refractivity contribution in [1.82, 2.24) is 49.0 Å². The zero-order valence-corrected chi connectivity index (χ0v) is 81.6. The van der Waals surface area contributed by atoms with Crippen LogP contribution in [0.3, 0.4) is 0 Å². The quantitative estimate of drug-likeness (QED) is 0.210. The first-order valence-electron chi connectivity index (χ1n) is 51.5. The highest BCUT2D eigenvalue weighted by atomic mass is 19.1. The maximum absolute atomic E-state index is 14.2. The van der Waals surface area contributed by atoms with Gasteiger partial charge in [0.2, 0.25) is 0 Å². The lowest BCUT2D eigenvalue weighted by Gasteiger charge is -2.51. The Bertz CT molecular complexity index is 2680. The Balaban J connectivity index is 0.000000127. The summed E-state index contributed by atoms with van der Waals surface area (Å²) in [4.78, 5) is 25.8. The molecule has 116 heavy (non-hydrogen) atoms. The summed E-state index contributed by atoms with van der Waals surface area (Å²) in [6.45, 7) is 72.8. The van der Waals surface area contributed by atoms with Gasteiger partial charge >= 0.3 is 0 Å². The summed E-state index contributed by atoms with van der Waals surface area (Å²) in [7, 11) is 11.4. The second-order valence-electron chi connectivity index (χ2n) is 47.8. The third-order valence-corrected chi connectivity index (χ3v) is 37.4. The molecule has 11 nitrogen and oxygen atoms in total. The van der Waals surface area contributed by atoms with Crippen LogP contribution in [0, 0.1) is 153 Å². The van der Waals surface area contributed by atoms with Crippen LogP contribution in [0.15, 0.2) is 0 Å². The van der Waals surface area contributed by atoms with Crippen molar-refractivity contribution in [2.75, 3.05) is 166 Å². The molecule has 0 amide bonds. The van der Waals surface area contributed by atoms with Crippen molar-refractivity contribution in [3.05, 3.63) is 0 Å². The first-order chi connectivity index (χ1) is 55.1. The largest absolute Gasteiger partial charge is 0.376 e. The predicted octanol–water partition coefficient (Wildman–Crippen LogP) is 21.2. The van der Waals surface area contributed by atoms with Gasteiger partial charge in [-0.3, -0.25) is 4.90 Å². The highest BCUT2D eigenvalue weighted by Crippen LogP contribution is 2.50. The van der Waals surface area contributed by atoms with E-state index in [1.54, 1.807) is 0 Å². The number of likely N-dealkylation sites (tertiary alicyclic amines) is 3. The summed E-state index contributed by atoms with van der Waals surface area (Å²) in [6, 6.07) is 5.60. The van der Waals surface area contributed by atoms with Crippen molar-refractivity contribution in [1.29, 1.82) is 0 Å². The van der Waals surface area contributed by atoms with Gasteiger partial charge in [0.15, 0.2) is 0 Å². The van der Waals surface area contributed by atoms with E-state index in [4.69, 9.17) is 4.74 Å². The molecule has 0 spiro atoms. The van der Waals surface area contributed by atoms with Crippen molar-refractivity contribution in [2.24, 2.45) is 153 Å². The minimum Gasteiger partial charge on any atom is -0.376 e. The summed E-state index contributed by atoms with van der Waals surface area (Å²) in [5, 5.41) is 0. The summed E-state index contributed by atoms with van der Waals surface area (Å²) >= 11 is 0. The maximum atomic E-state index is 14.2. The van der Waals surface area contributed by atoms with Crippen LogP contribution >= 0.6 is 0 Å². The van der Waals surface area contributed by atoms with Crippen LogP contribution < -0.4 is 0 Å². The highest BCUT2D eigenvalue weighted by molar-refractivity contribution is 5.03. The third-order valence-electron chi connectivity index (χ3n) is 37.4. The van der Waals surface area contributed by atoms with Gasteiger partial charge in [0.25, 0.3) is 0 Å². The fraction of sp³-hybridized carbons (Fsp3) is 1.00. The van der Waals surface area contributed by atoms with Crippen LogP contribution in [0.5, 0.6) is 0 Å². The first kappa shape index (κ1) is 96.1. The number of fused-ring (bicyclic) bond motifs is 20. The molecule has 0 aromatic carbocycles. The Hall–Kier alpha value is -0.510. The molecule has 0 aromatic rings. The summed E-state index contributed by atoms with van der Waals surface area (Å²) < 4.78 is 20.0. The molecule has 676 valence electrons. The predicted molar refractivity (Wildman–Crippen MR) is 495 cm³/mol. The van der Waals surface area contributed by atoms with Gasteiger partial charge in [-0.2, -0.15) is 0 Å². The maximum Gasteiger partial charge on any atom is 0.117 e. The molecule has 21 heterocycles. The normalized spacial score (nSPS) is 42.8. The van der Waals surface area contributed by atoms with Crippen molar-refractivity contribution in [3.63, 3.8) is 0 Å². The molecule has 0 radical (unpaired) electrons. The molecule has 20 atom stereocenters. The summed E-state index contributed by atoms with van der Waals surface area (Å²) in [5.41, 5.74) is -0.0718. The molecule has 21 aliphatic heterocycles. The number of hydrogen-bond acceptors (Lipinski definition) is 11. The van der Waals surface area contributed by atoms with E-state index < -0.39 is 5.67 Å². The van der Waals surface area contributed by atoms with Gasteiger partial charge in [0.1, 0.15) is 5.67 Å². The van der Waals surface area contributed by atoms with Crippen LogP contribution in [0.25, 0.3) is 0 Å². The molecule has 21 saturated heterocycles.